The number of nitrogens with zero attached hydrogens (tertiary/aromatic N) is 6. The maximum atomic E-state index is 12.3. The third kappa shape index (κ3) is 4.49. The first-order chi connectivity index (χ1) is 14.7. The minimum absolute atomic E-state index is 0.295. The van der Waals surface area contributed by atoms with Crippen molar-refractivity contribution in [1.29, 1.82) is 5.26 Å². The first-order valence-corrected chi connectivity index (χ1v) is 10.8. The number of halogens is 1. The van der Waals surface area contributed by atoms with Crippen molar-refractivity contribution < 1.29 is 9.53 Å². The van der Waals surface area contributed by atoms with Gasteiger partial charge in [0.05, 0.1) is 21.9 Å². The second kappa shape index (κ2) is 8.19. The predicted octanol–water partition coefficient (Wildman–Crippen LogP) is 4.09. The highest BCUT2D eigenvalue weighted by Gasteiger charge is 2.26. The standard InChI is InChI=1S/C22H23BrN6O2/c1-22(2,3)31-21(30)28-8-6-27(7-9-28)19-5-4-15(10-16(19)11-24)17-12-25-20-18(23)13-26-29(20)14-17/h4-5,10,12-14H,6-9H2,1-3H3. The van der Waals surface area contributed by atoms with Crippen LogP contribution in [0.1, 0.15) is 26.3 Å². The Balaban J connectivity index is 1.51. The first-order valence-electron chi connectivity index (χ1n) is 10.0. The molecule has 8 nitrogen and oxygen atoms in total. The number of carbonyl (C=O) groups is 1. The van der Waals surface area contributed by atoms with Crippen molar-refractivity contribution in [2.75, 3.05) is 31.1 Å². The number of nitriles is 1. The van der Waals surface area contributed by atoms with Gasteiger partial charge in [-0.1, -0.05) is 6.07 Å². The minimum Gasteiger partial charge on any atom is -0.444 e. The molecule has 1 saturated heterocycles. The van der Waals surface area contributed by atoms with Gasteiger partial charge in [-0.15, -0.1) is 0 Å². The van der Waals surface area contributed by atoms with Crippen molar-refractivity contribution in [3.63, 3.8) is 0 Å². The van der Waals surface area contributed by atoms with Crippen molar-refractivity contribution in [3.8, 4) is 17.2 Å². The number of carbonyl (C=O) groups excluding carboxylic acids is 1. The molecule has 31 heavy (non-hydrogen) atoms. The molecule has 160 valence electrons. The van der Waals surface area contributed by atoms with Crippen LogP contribution in [0, 0.1) is 11.3 Å². The molecule has 9 heteroatoms. The lowest BCUT2D eigenvalue weighted by Crippen LogP contribution is -2.50. The Morgan fingerprint density at radius 2 is 1.90 bits per heavy atom. The van der Waals surface area contributed by atoms with Crippen molar-refractivity contribution in [2.24, 2.45) is 0 Å². The summed E-state index contributed by atoms with van der Waals surface area (Å²) in [5.41, 5.74) is 3.46. The Morgan fingerprint density at radius 3 is 2.58 bits per heavy atom. The van der Waals surface area contributed by atoms with Crippen LogP contribution in [0.2, 0.25) is 0 Å². The minimum atomic E-state index is -0.512. The monoisotopic (exact) mass is 482 g/mol. The van der Waals surface area contributed by atoms with Crippen LogP contribution >= 0.6 is 15.9 Å². The highest BCUT2D eigenvalue weighted by atomic mass is 79.9. The van der Waals surface area contributed by atoms with E-state index in [1.807, 2.05) is 45.2 Å². The van der Waals surface area contributed by atoms with Gasteiger partial charge in [0.15, 0.2) is 5.65 Å². The molecule has 0 unspecified atom stereocenters. The quantitative estimate of drug-likeness (QED) is 0.546. The summed E-state index contributed by atoms with van der Waals surface area (Å²) in [6.45, 7) is 7.97. The van der Waals surface area contributed by atoms with E-state index >= 15 is 0 Å². The summed E-state index contributed by atoms with van der Waals surface area (Å²) >= 11 is 3.42. The van der Waals surface area contributed by atoms with E-state index in [2.05, 4.69) is 37.0 Å². The molecule has 0 aliphatic carbocycles. The highest BCUT2D eigenvalue weighted by molar-refractivity contribution is 9.10. The number of piperazine rings is 1. The largest absolute Gasteiger partial charge is 0.444 e. The zero-order valence-electron chi connectivity index (χ0n) is 17.7. The van der Waals surface area contributed by atoms with Crippen molar-refractivity contribution in [3.05, 3.63) is 46.8 Å². The molecular weight excluding hydrogens is 460 g/mol. The Labute approximate surface area is 189 Å². The van der Waals surface area contributed by atoms with Crippen LogP contribution in [0.5, 0.6) is 0 Å². The Morgan fingerprint density at radius 1 is 1.16 bits per heavy atom. The molecule has 2 aromatic heterocycles. The zero-order chi connectivity index (χ0) is 22.2. The van der Waals surface area contributed by atoms with Crippen LogP contribution in [0.15, 0.2) is 41.3 Å². The third-order valence-corrected chi connectivity index (χ3v) is 5.60. The van der Waals surface area contributed by atoms with E-state index in [9.17, 15) is 10.1 Å². The first kappa shape index (κ1) is 21.1. The molecule has 0 saturated carbocycles. The second-order valence-electron chi connectivity index (χ2n) is 8.40. The molecule has 1 aliphatic heterocycles. The van der Waals surface area contributed by atoms with Crippen LogP contribution in [-0.4, -0.2) is 57.4 Å². The predicted molar refractivity (Wildman–Crippen MR) is 121 cm³/mol. The summed E-state index contributed by atoms with van der Waals surface area (Å²) in [6.07, 6.45) is 5.07. The maximum absolute atomic E-state index is 12.3. The molecule has 1 aromatic carbocycles. The van der Waals surface area contributed by atoms with Gasteiger partial charge in [-0.25, -0.2) is 14.3 Å². The normalized spacial score (nSPS) is 14.5. The molecule has 1 amide bonds. The number of rotatable bonds is 2. The fourth-order valence-corrected chi connectivity index (χ4v) is 3.91. The number of hydrogen-bond acceptors (Lipinski definition) is 6. The fourth-order valence-electron chi connectivity index (χ4n) is 3.53. The molecule has 1 aliphatic rings. The number of benzene rings is 1. The summed E-state index contributed by atoms with van der Waals surface area (Å²) in [5, 5.41) is 14.0. The number of anilines is 1. The summed E-state index contributed by atoms with van der Waals surface area (Å²) < 4.78 is 7.99. The molecule has 0 spiro atoms. The van der Waals surface area contributed by atoms with Crippen molar-refractivity contribution in [2.45, 2.75) is 26.4 Å². The van der Waals surface area contributed by atoms with Gasteiger partial charge in [0.2, 0.25) is 0 Å². The van der Waals surface area contributed by atoms with Gasteiger partial charge >= 0.3 is 6.09 Å². The Kier molecular flexibility index (Phi) is 5.58. The molecular formula is C22H23BrN6O2. The van der Waals surface area contributed by atoms with E-state index < -0.39 is 5.60 Å². The molecule has 0 atom stereocenters. The SMILES string of the molecule is CC(C)(C)OC(=O)N1CCN(c2ccc(-c3cnc4c(Br)cnn4c3)cc2C#N)CC1. The number of ether oxygens (including phenoxy) is 1. The third-order valence-electron chi connectivity index (χ3n) is 5.04. The van der Waals surface area contributed by atoms with E-state index in [1.165, 1.54) is 0 Å². The van der Waals surface area contributed by atoms with E-state index in [0.29, 0.717) is 31.7 Å². The van der Waals surface area contributed by atoms with Gasteiger partial charge in [-0.3, -0.25) is 0 Å². The Hall–Kier alpha value is -3.12. The molecule has 4 rings (SSSR count). The van der Waals surface area contributed by atoms with Gasteiger partial charge in [-0.2, -0.15) is 10.4 Å². The molecule has 3 heterocycles. The second-order valence-corrected chi connectivity index (χ2v) is 9.26. The summed E-state index contributed by atoms with van der Waals surface area (Å²) in [5.74, 6) is 0. The number of fused-ring (bicyclic) bond motifs is 1. The van der Waals surface area contributed by atoms with Crippen molar-refractivity contribution >= 4 is 33.4 Å². The zero-order valence-corrected chi connectivity index (χ0v) is 19.3. The highest BCUT2D eigenvalue weighted by Crippen LogP contribution is 2.28. The van der Waals surface area contributed by atoms with Gasteiger partial charge < -0.3 is 14.5 Å². The molecule has 0 N–H and O–H groups in total. The van der Waals surface area contributed by atoms with Crippen LogP contribution in [0.3, 0.4) is 0 Å². The number of amides is 1. The smallest absolute Gasteiger partial charge is 0.410 e. The van der Waals surface area contributed by atoms with Crippen LogP contribution in [-0.2, 0) is 4.74 Å². The van der Waals surface area contributed by atoms with Crippen LogP contribution in [0.4, 0.5) is 10.5 Å². The van der Waals surface area contributed by atoms with Crippen LogP contribution < -0.4 is 4.90 Å². The lowest BCUT2D eigenvalue weighted by atomic mass is 10.0. The molecule has 1 fully saturated rings. The average Bonchev–Trinajstić information content (AvgIpc) is 3.12. The molecule has 0 radical (unpaired) electrons. The number of aromatic nitrogens is 3. The summed E-state index contributed by atoms with van der Waals surface area (Å²) in [6, 6.07) is 8.13. The topological polar surface area (TPSA) is 86.8 Å². The van der Waals surface area contributed by atoms with E-state index in [0.717, 1.165) is 26.9 Å². The average molecular weight is 483 g/mol. The lowest BCUT2D eigenvalue weighted by molar-refractivity contribution is 0.0240. The molecule has 0 bridgehead atoms. The lowest BCUT2D eigenvalue weighted by Gasteiger charge is -2.37. The van der Waals surface area contributed by atoms with Crippen LogP contribution in [0.25, 0.3) is 16.8 Å². The van der Waals surface area contributed by atoms with Crippen molar-refractivity contribution in [1.82, 2.24) is 19.5 Å². The van der Waals surface area contributed by atoms with Gasteiger partial charge in [0.1, 0.15) is 11.7 Å². The van der Waals surface area contributed by atoms with Gasteiger partial charge in [0, 0.05) is 44.1 Å². The van der Waals surface area contributed by atoms with E-state index in [-0.39, 0.29) is 6.09 Å². The maximum Gasteiger partial charge on any atom is 0.410 e. The van der Waals surface area contributed by atoms with E-state index in [1.54, 1.807) is 21.8 Å². The summed E-state index contributed by atoms with van der Waals surface area (Å²) in [7, 11) is 0. The number of hydrogen-bond donors (Lipinski definition) is 0. The van der Waals surface area contributed by atoms with Gasteiger partial charge in [-0.05, 0) is 54.4 Å². The summed E-state index contributed by atoms with van der Waals surface area (Å²) in [4.78, 5) is 20.6. The van der Waals surface area contributed by atoms with E-state index in [4.69, 9.17) is 4.74 Å². The molecule has 3 aromatic rings. The van der Waals surface area contributed by atoms with Gasteiger partial charge in [0.25, 0.3) is 0 Å². The fraction of sp³-hybridized carbons (Fsp3) is 0.364. The Bertz CT molecular complexity index is 1170.